The van der Waals surface area contributed by atoms with Gasteiger partial charge in [0.2, 0.25) is 0 Å². The molecule has 0 amide bonds. The molecule has 0 aromatic heterocycles. The topological polar surface area (TPSA) is 24.9 Å². The largest absolute Gasteiger partial charge is 0.102 e. The fraction of sp³-hybridized carbons (Fsp3) is 0.239. The van der Waals surface area contributed by atoms with Crippen molar-refractivity contribution in [1.29, 1.82) is 0 Å². The van der Waals surface area contributed by atoms with Crippen LogP contribution >= 0.6 is 25.5 Å². The number of benzene rings is 8. The van der Waals surface area contributed by atoms with Crippen LogP contribution in [0.25, 0.3) is 0 Å². The van der Waals surface area contributed by atoms with Gasteiger partial charge in [0.15, 0.2) is 0 Å². The average Bonchev–Trinajstić information content (AvgIpc) is 3.91. The van der Waals surface area contributed by atoms with Crippen LogP contribution < -0.4 is 41.3 Å². The third-order valence-corrected chi connectivity index (χ3v) is 18.4. The Hall–Kier alpha value is -5.53. The molecule has 0 aliphatic carbocycles. The molecule has 1 aliphatic heterocycles. The van der Waals surface area contributed by atoms with Crippen LogP contribution in [0.15, 0.2) is 231 Å². The smallest absolute Gasteiger partial charge is 0.0620 e. The van der Waals surface area contributed by atoms with E-state index in [4.69, 9.17) is 9.47 Å². The summed E-state index contributed by atoms with van der Waals surface area (Å²) in [5, 5.41) is 8.61. The van der Waals surface area contributed by atoms with E-state index in [0.717, 1.165) is 24.6 Å². The first kappa shape index (κ1) is 58.7. The Morgan fingerprint density at radius 1 is 0.347 bits per heavy atom. The van der Waals surface area contributed by atoms with E-state index in [1.165, 1.54) is 54.1 Å². The molecule has 9 rings (SSSR count). The van der Waals surface area contributed by atoms with Gasteiger partial charge in [0, 0.05) is 13.1 Å². The Morgan fingerprint density at radius 3 is 0.760 bits per heavy atom. The Bertz CT molecular complexity index is 2420. The molecule has 4 nitrogen and oxygen atoms in total. The summed E-state index contributed by atoms with van der Waals surface area (Å²) in [7, 11) is 2.85. The molecule has 1 aliphatic rings. The molecule has 0 saturated carbocycles. The predicted octanol–water partition coefficient (Wildman–Crippen LogP) is 14.6. The molecule has 8 aromatic rings. The molecular formula is C67H78ClN2O2P2Ru+. The number of hydrogen-bond acceptors (Lipinski definition) is 4. The van der Waals surface area contributed by atoms with Crippen molar-refractivity contribution in [3.8, 4) is 11.5 Å². The quantitative estimate of drug-likeness (QED) is 0.0486. The van der Waals surface area contributed by atoms with Crippen molar-refractivity contribution >= 4 is 57.4 Å². The molecule has 0 bridgehead atoms. The van der Waals surface area contributed by atoms with Gasteiger partial charge in [-0.2, -0.15) is 6.67 Å². The van der Waals surface area contributed by atoms with E-state index in [0.29, 0.717) is 36.9 Å². The molecule has 8 heteroatoms. The zero-order chi connectivity index (χ0) is 53.4. The fourth-order valence-corrected chi connectivity index (χ4v) is 14.3. The monoisotopic (exact) mass is 1140 g/mol. The molecular weight excluding hydrogens is 1060 g/mol. The normalized spacial score (nSPS) is 11.9. The Balaban J connectivity index is 0.000000193. The number of nitrogens with zero attached hydrogens (tertiary/aromatic N) is 2. The van der Waals surface area contributed by atoms with E-state index in [9.17, 15) is 0 Å². The maximum absolute atomic E-state index is 6.36. The summed E-state index contributed by atoms with van der Waals surface area (Å²) >= 11 is 1.62. The van der Waals surface area contributed by atoms with E-state index in [2.05, 4.69) is 312 Å². The maximum Gasteiger partial charge on any atom is 0.102 e. The molecule has 392 valence electrons. The minimum absolute atomic E-state index is 0.439. The molecule has 0 saturated heterocycles. The van der Waals surface area contributed by atoms with E-state index < -0.39 is 15.8 Å². The van der Waals surface area contributed by atoms with Crippen LogP contribution in [0.4, 0.5) is 0 Å². The third-order valence-electron chi connectivity index (χ3n) is 13.0. The Labute approximate surface area is 467 Å². The van der Waals surface area contributed by atoms with E-state index in [-0.39, 0.29) is 0 Å². The molecule has 0 unspecified atom stereocenters. The number of hydrogen-bond donors (Lipinski definition) is 0. The first-order valence-electron chi connectivity index (χ1n) is 26.4. The van der Waals surface area contributed by atoms with Gasteiger partial charge >= 0.3 is 27.0 Å². The summed E-state index contributed by atoms with van der Waals surface area (Å²) in [5.74, 6) is 3.89. The third kappa shape index (κ3) is 17.5. The SMILES string of the molecule is CC(C)c1cccc(C(C)C)c1OCCN1C=CN(CCOc2c(C(C)C)cccc2C(C)C)[CH-]1.[Cl][RuH].c1ccc([PH+](c2ccccc2)c2ccccc2)cc1.c1ccc([PH+](c2ccccc2)c2ccccc2)cc1. The molecule has 0 N–H and O–H groups in total. The van der Waals surface area contributed by atoms with Gasteiger partial charge < -0.3 is 19.3 Å². The molecule has 75 heavy (non-hydrogen) atoms. The van der Waals surface area contributed by atoms with Crippen molar-refractivity contribution in [2.45, 2.75) is 79.1 Å². The Morgan fingerprint density at radius 2 is 0.560 bits per heavy atom. The van der Waals surface area contributed by atoms with Crippen LogP contribution in [0.3, 0.4) is 0 Å². The molecule has 0 fully saturated rings. The van der Waals surface area contributed by atoms with Crippen LogP contribution in [-0.2, 0) is 17.3 Å². The summed E-state index contributed by atoms with van der Waals surface area (Å²) in [5.41, 5.74) is 5.16. The predicted molar refractivity (Wildman–Crippen MR) is 327 cm³/mol. The fourth-order valence-electron chi connectivity index (χ4n) is 9.14. The van der Waals surface area contributed by atoms with Crippen molar-refractivity contribution in [3.05, 3.63) is 260 Å². The number of halogens is 1. The maximum atomic E-state index is 6.36. The van der Waals surface area contributed by atoms with Gasteiger partial charge in [-0.3, -0.25) is 0 Å². The van der Waals surface area contributed by atoms with E-state index in [1.54, 1.807) is 17.3 Å². The van der Waals surface area contributed by atoms with Crippen LogP contribution in [0.5, 0.6) is 11.5 Å². The average molecular weight is 1140 g/mol. The van der Waals surface area contributed by atoms with Gasteiger partial charge in [-0.25, -0.2) is 0 Å². The summed E-state index contributed by atoms with van der Waals surface area (Å²) in [4.78, 5) is 4.38. The minimum Gasteiger partial charge on any atom is -0.0620 e. The molecule has 8 aromatic carbocycles. The number of para-hydroxylation sites is 2. The van der Waals surface area contributed by atoms with Crippen LogP contribution in [0.1, 0.15) is 101 Å². The van der Waals surface area contributed by atoms with Crippen molar-refractivity contribution in [1.82, 2.24) is 9.80 Å². The summed E-state index contributed by atoms with van der Waals surface area (Å²) < 4.78 is 12.7. The standard InChI is InChI=1S/C31H45N2O2.2C18H15P.ClH.Ru.H/c1-22(2)26-11-9-12-27(23(3)4)30(26)34-19-17-32-15-16-33(21-32)18-20-35-31-28(24(5)6)13-10-14-29(31)25(7)8;2*1-4-10-16(11-5-1)19(17-12-6-2-7-13-17)18-14-8-3-9-15-18;;;/h9-16,21-25H,17-20H2,1-8H3;2*1-15H;1H;;/q-1;;;;+1;/p+1. The first-order chi connectivity index (χ1) is 36.6. The van der Waals surface area contributed by atoms with E-state index >= 15 is 0 Å². The van der Waals surface area contributed by atoms with Crippen molar-refractivity contribution in [2.75, 3.05) is 26.3 Å². The van der Waals surface area contributed by atoms with Gasteiger partial charge in [0.1, 0.15) is 56.5 Å². The van der Waals surface area contributed by atoms with Crippen molar-refractivity contribution < 1.29 is 26.8 Å². The van der Waals surface area contributed by atoms with Gasteiger partial charge in [-0.15, -0.1) is 0 Å². The first-order valence-corrected chi connectivity index (χ1v) is 31.7. The van der Waals surface area contributed by atoms with Gasteiger partial charge in [-0.05, 0) is 131 Å². The Kier molecular flexibility index (Phi) is 24.7. The van der Waals surface area contributed by atoms with Crippen LogP contribution in [0, 0.1) is 6.67 Å². The van der Waals surface area contributed by atoms with Crippen LogP contribution in [0.2, 0.25) is 0 Å². The second-order valence-electron chi connectivity index (χ2n) is 19.7. The van der Waals surface area contributed by atoms with E-state index in [1.807, 2.05) is 0 Å². The molecule has 0 atom stereocenters. The summed E-state index contributed by atoms with van der Waals surface area (Å²) in [6.45, 7) is 22.9. The molecule has 1 heterocycles. The summed E-state index contributed by atoms with van der Waals surface area (Å²) in [6, 6.07) is 78.1. The second-order valence-corrected chi connectivity index (χ2v) is 24.6. The zero-order valence-electron chi connectivity index (χ0n) is 45.1. The summed E-state index contributed by atoms with van der Waals surface area (Å²) in [6.07, 6.45) is 4.23. The minimum atomic E-state index is -0.877. The number of rotatable bonds is 18. The second kappa shape index (κ2) is 31.5. The van der Waals surface area contributed by atoms with Gasteiger partial charge in [0.05, 0.1) is 15.8 Å². The molecule has 0 radical (unpaired) electrons. The van der Waals surface area contributed by atoms with Gasteiger partial charge in [-0.1, -0.05) is 201 Å². The van der Waals surface area contributed by atoms with Crippen LogP contribution in [-0.4, -0.2) is 36.1 Å². The zero-order valence-corrected chi connectivity index (χ0v) is 49.7. The van der Waals surface area contributed by atoms with Gasteiger partial charge in [0.25, 0.3) is 0 Å². The molecule has 0 spiro atoms. The number of ether oxygens (including phenoxy) is 2. The van der Waals surface area contributed by atoms with Crippen molar-refractivity contribution in [2.24, 2.45) is 0 Å². The van der Waals surface area contributed by atoms with Crippen molar-refractivity contribution in [3.63, 3.8) is 0 Å².